The Hall–Kier alpha value is -2.91. The predicted molar refractivity (Wildman–Crippen MR) is 124 cm³/mol. The van der Waals surface area contributed by atoms with E-state index in [4.69, 9.17) is 0 Å². The van der Waals surface area contributed by atoms with Gasteiger partial charge in [0.05, 0.1) is 6.20 Å². The first-order valence-corrected chi connectivity index (χ1v) is 10.6. The Bertz CT molecular complexity index is 888. The molecule has 0 saturated carbocycles. The molecule has 31 heavy (non-hydrogen) atoms. The normalized spacial score (nSPS) is 18.2. The Balaban J connectivity index is 1.67. The van der Waals surface area contributed by atoms with Crippen molar-refractivity contribution in [1.82, 2.24) is 15.5 Å². The first kappa shape index (κ1) is 22.8. The first-order chi connectivity index (χ1) is 15.1. The largest absolute Gasteiger partial charge is 0.350 e. The van der Waals surface area contributed by atoms with Crippen molar-refractivity contribution in [2.45, 2.75) is 20.3 Å². The summed E-state index contributed by atoms with van der Waals surface area (Å²) in [6.07, 6.45) is 5.35. The molecule has 1 aromatic rings. The number of hydrogen-bond donors (Lipinski definition) is 2. The van der Waals surface area contributed by atoms with Gasteiger partial charge < -0.3 is 15.5 Å². The molecule has 3 rings (SSSR count). The highest BCUT2D eigenvalue weighted by Crippen LogP contribution is 2.31. The average Bonchev–Trinajstić information content (AvgIpc) is 3.19. The molecule has 2 aliphatic heterocycles. The molecule has 0 atom stereocenters. The number of anilines is 1. The molecule has 1 aromatic carbocycles. The molecule has 2 aliphatic rings. The van der Waals surface area contributed by atoms with Gasteiger partial charge in [-0.05, 0) is 44.0 Å². The minimum Gasteiger partial charge on any atom is -0.350 e. The number of nitrogens with one attached hydrogen (secondary N) is 2. The van der Waals surface area contributed by atoms with Crippen molar-refractivity contribution < 1.29 is 9.18 Å². The lowest BCUT2D eigenvalue weighted by molar-refractivity contribution is -0.114. The van der Waals surface area contributed by atoms with E-state index in [0.717, 1.165) is 44.0 Å². The van der Waals surface area contributed by atoms with Gasteiger partial charge in [-0.3, -0.25) is 14.7 Å². The Labute approximate surface area is 182 Å². The highest BCUT2D eigenvalue weighted by atomic mass is 19.1. The molecule has 166 valence electrons. The van der Waals surface area contributed by atoms with E-state index in [9.17, 15) is 9.18 Å². The van der Waals surface area contributed by atoms with Crippen LogP contribution in [0.15, 0.2) is 45.2 Å². The highest BCUT2D eigenvalue weighted by molar-refractivity contribution is 6.38. The van der Waals surface area contributed by atoms with E-state index in [1.54, 1.807) is 38.4 Å². The topological polar surface area (TPSA) is 84.7 Å². The van der Waals surface area contributed by atoms with Gasteiger partial charge in [-0.2, -0.15) is 0 Å². The van der Waals surface area contributed by atoms with Crippen molar-refractivity contribution in [2.24, 2.45) is 15.0 Å². The fraction of sp³-hybridized carbons (Fsp3) is 0.455. The van der Waals surface area contributed by atoms with Crippen molar-refractivity contribution >= 4 is 29.9 Å². The number of rotatable bonds is 8. The molecule has 2 heterocycles. The third-order valence-electron chi connectivity index (χ3n) is 5.24. The molecular weight excluding hydrogens is 397 g/mol. The Morgan fingerprint density at radius 1 is 1.29 bits per heavy atom. The molecule has 0 aliphatic carbocycles. The summed E-state index contributed by atoms with van der Waals surface area (Å²) in [6, 6.07) is 4.72. The molecule has 0 spiro atoms. The number of benzene rings is 1. The van der Waals surface area contributed by atoms with Crippen LogP contribution in [0.2, 0.25) is 0 Å². The Morgan fingerprint density at radius 3 is 2.87 bits per heavy atom. The van der Waals surface area contributed by atoms with Gasteiger partial charge in [0.25, 0.3) is 5.91 Å². The van der Waals surface area contributed by atoms with E-state index < -0.39 is 0 Å². The summed E-state index contributed by atoms with van der Waals surface area (Å²) in [5.41, 5.74) is 2.16. The van der Waals surface area contributed by atoms with Crippen LogP contribution in [0, 0.1) is 5.82 Å². The number of aliphatic imine (C=N–C) groups is 3. The van der Waals surface area contributed by atoms with Crippen molar-refractivity contribution in [3.8, 4) is 0 Å². The number of hydrogen-bond acceptors (Lipinski definition) is 6. The van der Waals surface area contributed by atoms with Crippen molar-refractivity contribution in [2.75, 3.05) is 50.7 Å². The smallest absolute Gasteiger partial charge is 0.265 e. The fourth-order valence-corrected chi connectivity index (χ4v) is 3.54. The van der Waals surface area contributed by atoms with Crippen LogP contribution in [0.1, 0.15) is 19.4 Å². The van der Waals surface area contributed by atoms with Crippen LogP contribution in [0.3, 0.4) is 0 Å². The molecule has 1 fully saturated rings. The molecule has 0 unspecified atom stereocenters. The van der Waals surface area contributed by atoms with Crippen molar-refractivity contribution in [3.63, 3.8) is 0 Å². The maximum absolute atomic E-state index is 13.5. The summed E-state index contributed by atoms with van der Waals surface area (Å²) in [6.45, 7) is 9.49. The second-order valence-electron chi connectivity index (χ2n) is 7.38. The minimum atomic E-state index is -0.253. The van der Waals surface area contributed by atoms with Crippen LogP contribution in [-0.4, -0.2) is 74.9 Å². The second kappa shape index (κ2) is 11.5. The molecule has 9 heteroatoms. The van der Waals surface area contributed by atoms with Crippen LogP contribution < -0.4 is 15.5 Å². The van der Waals surface area contributed by atoms with Crippen LogP contribution in [-0.2, 0) is 11.2 Å². The van der Waals surface area contributed by atoms with E-state index in [-0.39, 0.29) is 11.7 Å². The lowest BCUT2D eigenvalue weighted by Gasteiger charge is -2.27. The van der Waals surface area contributed by atoms with Crippen LogP contribution in [0.25, 0.3) is 0 Å². The average molecular weight is 428 g/mol. The third-order valence-corrected chi connectivity index (χ3v) is 5.24. The highest BCUT2D eigenvalue weighted by Gasteiger charge is 2.22. The number of amides is 1. The van der Waals surface area contributed by atoms with Crippen LogP contribution in [0.5, 0.6) is 0 Å². The summed E-state index contributed by atoms with van der Waals surface area (Å²) < 4.78 is 13.5. The van der Waals surface area contributed by atoms with E-state index in [0.29, 0.717) is 31.0 Å². The summed E-state index contributed by atoms with van der Waals surface area (Å²) in [5, 5.41) is 6.23. The third kappa shape index (κ3) is 6.53. The molecule has 0 bridgehead atoms. The van der Waals surface area contributed by atoms with E-state index >= 15 is 0 Å². The summed E-state index contributed by atoms with van der Waals surface area (Å²) in [5.74, 6) is 0.0886. The molecule has 0 radical (unpaired) electrons. The van der Waals surface area contributed by atoms with E-state index in [2.05, 4.69) is 30.5 Å². The Morgan fingerprint density at radius 2 is 2.10 bits per heavy atom. The zero-order valence-corrected chi connectivity index (χ0v) is 18.1. The van der Waals surface area contributed by atoms with Crippen molar-refractivity contribution in [1.29, 1.82) is 0 Å². The number of carbonyl (C=O) groups is 1. The number of carbonyl (C=O) groups excluding carboxylic acids is 1. The van der Waals surface area contributed by atoms with Gasteiger partial charge in [0.1, 0.15) is 17.9 Å². The van der Waals surface area contributed by atoms with Gasteiger partial charge >= 0.3 is 0 Å². The molecular formula is C22H30FN7O. The van der Waals surface area contributed by atoms with Crippen LogP contribution in [0.4, 0.5) is 10.1 Å². The molecule has 2 N–H and O–H groups in total. The molecule has 8 nitrogen and oxygen atoms in total. The van der Waals surface area contributed by atoms with Gasteiger partial charge in [0.2, 0.25) is 0 Å². The zero-order chi connectivity index (χ0) is 22.1. The number of fused-ring (bicyclic) bond motifs is 1. The maximum atomic E-state index is 13.5. The zero-order valence-electron chi connectivity index (χ0n) is 18.1. The monoisotopic (exact) mass is 427 g/mol. The summed E-state index contributed by atoms with van der Waals surface area (Å²) >= 11 is 0. The minimum absolute atomic E-state index is 0.204. The lowest BCUT2D eigenvalue weighted by Crippen LogP contribution is -2.46. The Kier molecular flexibility index (Phi) is 8.43. The number of halogens is 1. The molecule has 1 saturated heterocycles. The number of piperazine rings is 1. The van der Waals surface area contributed by atoms with Crippen molar-refractivity contribution in [3.05, 3.63) is 41.6 Å². The fourth-order valence-electron chi connectivity index (χ4n) is 3.54. The van der Waals surface area contributed by atoms with E-state index in [1.807, 2.05) is 4.90 Å². The summed E-state index contributed by atoms with van der Waals surface area (Å²) in [7, 11) is 0. The predicted octanol–water partition coefficient (Wildman–Crippen LogP) is 1.59. The van der Waals surface area contributed by atoms with E-state index in [1.165, 1.54) is 12.4 Å². The SMILES string of the molecule is CC=NC=N/C(=C/N=C(C)C(=O)NCCN1CCNCC1)N1CCc2cc(F)ccc21. The second-order valence-corrected chi connectivity index (χ2v) is 7.38. The first-order valence-electron chi connectivity index (χ1n) is 10.6. The lowest BCUT2D eigenvalue weighted by atomic mass is 10.2. The van der Waals surface area contributed by atoms with Gasteiger partial charge in [0.15, 0.2) is 5.82 Å². The maximum Gasteiger partial charge on any atom is 0.265 e. The van der Waals surface area contributed by atoms with Gasteiger partial charge in [-0.15, -0.1) is 0 Å². The quantitative estimate of drug-likeness (QED) is 0.487. The number of nitrogens with zero attached hydrogens (tertiary/aromatic N) is 5. The molecule has 1 amide bonds. The van der Waals surface area contributed by atoms with Gasteiger partial charge in [0, 0.05) is 57.7 Å². The summed E-state index contributed by atoms with van der Waals surface area (Å²) in [4.78, 5) is 29.4. The van der Waals surface area contributed by atoms with Gasteiger partial charge in [-0.1, -0.05) is 0 Å². The van der Waals surface area contributed by atoms with Crippen LogP contribution >= 0.6 is 0 Å². The standard InChI is InChI=1S/C22H30FN7O/c1-3-24-16-28-21(30-10-6-18-14-19(23)4-5-20(18)30)15-27-17(2)22(31)26-9-13-29-11-7-25-8-12-29/h3-5,14-16,25H,6-13H2,1-2H3,(H,26,31)/b21-15-,24-3?,27-17?,28-16?. The molecule has 0 aromatic heterocycles. The van der Waals surface area contributed by atoms with Gasteiger partial charge in [-0.25, -0.2) is 14.4 Å².